The first-order chi connectivity index (χ1) is 8.75. The average molecular weight is 322 g/mol. The van der Waals surface area contributed by atoms with Crippen LogP contribution in [0, 0.1) is 5.41 Å². The van der Waals surface area contributed by atoms with Gasteiger partial charge in [0.25, 0.3) is 0 Å². The van der Waals surface area contributed by atoms with Crippen LogP contribution in [0.15, 0.2) is 47.1 Å². The second kappa shape index (κ2) is 5.27. The zero-order valence-corrected chi connectivity index (χ0v) is 11.6. The quantitative estimate of drug-likeness (QED) is 0.892. The van der Waals surface area contributed by atoms with E-state index < -0.39 is 0 Å². The second-order valence-electron chi connectivity index (χ2n) is 4.01. The number of furan rings is 1. The summed E-state index contributed by atoms with van der Waals surface area (Å²) in [4.78, 5) is 11.8. The summed E-state index contributed by atoms with van der Waals surface area (Å²) in [7, 11) is 0. The SMILES string of the molecule is Br.N=C1c2ccccc2CN1NC(=O)c1ccco1. The summed E-state index contributed by atoms with van der Waals surface area (Å²) in [6.07, 6.45) is 1.44. The van der Waals surface area contributed by atoms with Gasteiger partial charge in [-0.05, 0) is 17.7 Å². The molecular weight excluding hydrogens is 310 g/mol. The maximum Gasteiger partial charge on any atom is 0.305 e. The van der Waals surface area contributed by atoms with Gasteiger partial charge in [-0.25, -0.2) is 0 Å². The maximum absolute atomic E-state index is 11.8. The van der Waals surface area contributed by atoms with Crippen molar-refractivity contribution in [2.45, 2.75) is 6.54 Å². The fraction of sp³-hybridized carbons (Fsp3) is 0.0769. The van der Waals surface area contributed by atoms with Crippen LogP contribution in [-0.2, 0) is 6.54 Å². The second-order valence-corrected chi connectivity index (χ2v) is 4.01. The lowest BCUT2D eigenvalue weighted by atomic mass is 10.1. The standard InChI is InChI=1S/C13H11N3O2.BrH/c14-12-10-5-2-1-4-9(10)8-16(12)15-13(17)11-6-3-7-18-11;/h1-7,14H,8H2,(H,15,17);1H. The molecule has 5 nitrogen and oxygen atoms in total. The number of halogens is 1. The molecule has 0 atom stereocenters. The average Bonchev–Trinajstić information content (AvgIpc) is 3.00. The van der Waals surface area contributed by atoms with Gasteiger partial charge in [-0.2, -0.15) is 0 Å². The monoisotopic (exact) mass is 321 g/mol. The number of fused-ring (bicyclic) bond motifs is 1. The van der Waals surface area contributed by atoms with Crippen molar-refractivity contribution in [3.63, 3.8) is 0 Å². The Hall–Kier alpha value is -2.08. The van der Waals surface area contributed by atoms with Gasteiger partial charge in [-0.1, -0.05) is 24.3 Å². The summed E-state index contributed by atoms with van der Waals surface area (Å²) in [5, 5.41) is 9.50. The molecule has 1 aromatic heterocycles. The number of hydrogen-bond acceptors (Lipinski definition) is 3. The summed E-state index contributed by atoms with van der Waals surface area (Å²) in [5.41, 5.74) is 4.53. The van der Waals surface area contributed by atoms with Crippen molar-refractivity contribution in [2.75, 3.05) is 0 Å². The van der Waals surface area contributed by atoms with E-state index in [-0.39, 0.29) is 28.6 Å². The molecule has 0 saturated carbocycles. The Balaban J connectivity index is 0.00000133. The van der Waals surface area contributed by atoms with Crippen LogP contribution >= 0.6 is 17.0 Å². The molecular formula is C13H12BrN3O2. The number of carbonyl (C=O) groups is 1. The molecule has 1 amide bonds. The third-order valence-corrected chi connectivity index (χ3v) is 2.85. The predicted molar refractivity (Wildman–Crippen MR) is 75.3 cm³/mol. The van der Waals surface area contributed by atoms with Gasteiger partial charge < -0.3 is 4.42 Å². The molecule has 0 bridgehead atoms. The number of benzene rings is 1. The van der Waals surface area contributed by atoms with E-state index in [2.05, 4.69) is 5.43 Å². The largest absolute Gasteiger partial charge is 0.459 e. The lowest BCUT2D eigenvalue weighted by Crippen LogP contribution is -2.42. The van der Waals surface area contributed by atoms with Gasteiger partial charge in [0, 0.05) is 5.56 Å². The zero-order valence-electron chi connectivity index (χ0n) is 9.92. The van der Waals surface area contributed by atoms with Gasteiger partial charge in [0.15, 0.2) is 5.76 Å². The minimum absolute atomic E-state index is 0. The summed E-state index contributed by atoms with van der Waals surface area (Å²) in [5.74, 6) is 0.182. The van der Waals surface area contributed by atoms with Gasteiger partial charge in [-0.15, -0.1) is 17.0 Å². The highest BCUT2D eigenvalue weighted by molar-refractivity contribution is 8.93. The molecule has 0 spiro atoms. The van der Waals surface area contributed by atoms with Crippen LogP contribution in [0.4, 0.5) is 0 Å². The van der Waals surface area contributed by atoms with E-state index in [1.807, 2.05) is 24.3 Å². The summed E-state index contributed by atoms with van der Waals surface area (Å²) in [6.45, 7) is 0.501. The highest BCUT2D eigenvalue weighted by Gasteiger charge is 2.25. The van der Waals surface area contributed by atoms with Crippen molar-refractivity contribution in [2.24, 2.45) is 0 Å². The molecule has 98 valence electrons. The Labute approximate surface area is 120 Å². The van der Waals surface area contributed by atoms with E-state index in [0.29, 0.717) is 12.4 Å². The zero-order chi connectivity index (χ0) is 12.5. The van der Waals surface area contributed by atoms with Crippen molar-refractivity contribution in [3.8, 4) is 0 Å². The van der Waals surface area contributed by atoms with Crippen LogP contribution in [0.5, 0.6) is 0 Å². The molecule has 0 aliphatic carbocycles. The number of rotatable bonds is 2. The first-order valence-corrected chi connectivity index (χ1v) is 5.54. The molecule has 2 aromatic rings. The Morgan fingerprint density at radius 2 is 2.05 bits per heavy atom. The minimum atomic E-state index is -0.349. The summed E-state index contributed by atoms with van der Waals surface area (Å²) in [6, 6.07) is 10.9. The summed E-state index contributed by atoms with van der Waals surface area (Å²) < 4.78 is 5.01. The van der Waals surface area contributed by atoms with Gasteiger partial charge >= 0.3 is 5.91 Å². The molecule has 6 heteroatoms. The number of amidine groups is 1. The highest BCUT2D eigenvalue weighted by Crippen LogP contribution is 2.20. The van der Waals surface area contributed by atoms with Gasteiger partial charge in [0.1, 0.15) is 5.84 Å². The number of hydrazine groups is 1. The van der Waals surface area contributed by atoms with Gasteiger partial charge in [0.2, 0.25) is 0 Å². The number of carbonyl (C=O) groups excluding carboxylic acids is 1. The molecule has 0 radical (unpaired) electrons. The van der Waals surface area contributed by atoms with Crippen LogP contribution in [0.2, 0.25) is 0 Å². The van der Waals surface area contributed by atoms with E-state index in [9.17, 15) is 4.79 Å². The lowest BCUT2D eigenvalue weighted by molar-refractivity contribution is 0.0840. The van der Waals surface area contributed by atoms with Crippen molar-refractivity contribution in [1.82, 2.24) is 10.4 Å². The third-order valence-electron chi connectivity index (χ3n) is 2.85. The van der Waals surface area contributed by atoms with E-state index in [1.165, 1.54) is 11.3 Å². The van der Waals surface area contributed by atoms with Gasteiger partial charge in [0.05, 0.1) is 12.8 Å². The normalized spacial score (nSPS) is 12.8. The number of amides is 1. The molecule has 3 rings (SSSR count). The maximum atomic E-state index is 11.8. The Morgan fingerprint density at radius 1 is 1.26 bits per heavy atom. The number of hydrogen-bond donors (Lipinski definition) is 2. The number of nitrogens with one attached hydrogen (secondary N) is 2. The fourth-order valence-corrected chi connectivity index (χ4v) is 1.96. The highest BCUT2D eigenvalue weighted by atomic mass is 79.9. The predicted octanol–water partition coefficient (Wildman–Crippen LogP) is 2.34. The molecule has 2 N–H and O–H groups in total. The van der Waals surface area contributed by atoms with Crippen molar-refractivity contribution in [3.05, 3.63) is 59.5 Å². The molecule has 1 aromatic carbocycles. The van der Waals surface area contributed by atoms with Crippen LogP contribution in [0.1, 0.15) is 21.7 Å². The summed E-state index contributed by atoms with van der Waals surface area (Å²) >= 11 is 0. The molecule has 0 unspecified atom stereocenters. The first kappa shape index (κ1) is 13.4. The van der Waals surface area contributed by atoms with E-state index in [4.69, 9.17) is 9.83 Å². The molecule has 1 aliphatic rings. The topological polar surface area (TPSA) is 69.3 Å². The van der Waals surface area contributed by atoms with Gasteiger partial charge in [-0.3, -0.25) is 20.6 Å². The molecule has 2 heterocycles. The lowest BCUT2D eigenvalue weighted by Gasteiger charge is -2.17. The molecule has 0 fully saturated rings. The Bertz CT molecular complexity index is 610. The number of nitrogens with zero attached hydrogens (tertiary/aromatic N) is 1. The molecule has 19 heavy (non-hydrogen) atoms. The first-order valence-electron chi connectivity index (χ1n) is 5.54. The smallest absolute Gasteiger partial charge is 0.305 e. The Morgan fingerprint density at radius 3 is 2.74 bits per heavy atom. The van der Waals surface area contributed by atoms with Crippen LogP contribution < -0.4 is 5.43 Å². The minimum Gasteiger partial charge on any atom is -0.459 e. The molecule has 1 aliphatic heterocycles. The van der Waals surface area contributed by atoms with Crippen molar-refractivity contribution in [1.29, 1.82) is 5.41 Å². The van der Waals surface area contributed by atoms with Crippen LogP contribution in [0.3, 0.4) is 0 Å². The van der Waals surface area contributed by atoms with Crippen LogP contribution in [-0.4, -0.2) is 16.8 Å². The van der Waals surface area contributed by atoms with E-state index in [0.717, 1.165) is 11.1 Å². The van der Waals surface area contributed by atoms with Crippen molar-refractivity contribution >= 4 is 28.7 Å². The van der Waals surface area contributed by atoms with Crippen LogP contribution in [0.25, 0.3) is 0 Å². The molecule has 0 saturated heterocycles. The Kier molecular flexibility index (Phi) is 3.71. The fourth-order valence-electron chi connectivity index (χ4n) is 1.96. The van der Waals surface area contributed by atoms with Crippen molar-refractivity contribution < 1.29 is 9.21 Å². The van der Waals surface area contributed by atoms with E-state index >= 15 is 0 Å². The van der Waals surface area contributed by atoms with E-state index in [1.54, 1.807) is 12.1 Å². The third kappa shape index (κ3) is 2.39.